The molecule has 2 amide bonds. The van der Waals surface area contributed by atoms with Crippen LogP contribution in [0.4, 0.5) is 8.78 Å². The van der Waals surface area contributed by atoms with Crippen molar-refractivity contribution in [3.05, 3.63) is 70.8 Å². The lowest BCUT2D eigenvalue weighted by atomic mass is 10.1. The average Bonchev–Trinajstić information content (AvgIpc) is 2.66. The molecule has 2 aromatic rings. The molecule has 144 valence electrons. The van der Waals surface area contributed by atoms with Gasteiger partial charge in [0, 0.05) is 39.2 Å². The predicted octanol–water partition coefficient (Wildman–Crippen LogP) is 3.65. The molecule has 2 aromatic carbocycles. The maximum absolute atomic E-state index is 13.7. The Kier molecular flexibility index (Phi) is 7.05. The minimum absolute atomic E-state index is 0.0814. The quantitative estimate of drug-likeness (QED) is 0.742. The van der Waals surface area contributed by atoms with E-state index >= 15 is 0 Å². The van der Waals surface area contributed by atoms with E-state index in [1.807, 2.05) is 19.1 Å². The normalized spacial score (nSPS) is 10.6. The molecule has 0 unspecified atom stereocenters. The molecule has 0 aliphatic carbocycles. The van der Waals surface area contributed by atoms with Crippen molar-refractivity contribution in [1.82, 2.24) is 9.80 Å². The third kappa shape index (κ3) is 5.36. The Morgan fingerprint density at radius 3 is 2.26 bits per heavy atom. The zero-order chi connectivity index (χ0) is 20.0. The van der Waals surface area contributed by atoms with Gasteiger partial charge in [-0.1, -0.05) is 24.3 Å². The van der Waals surface area contributed by atoms with Gasteiger partial charge in [0.1, 0.15) is 0 Å². The van der Waals surface area contributed by atoms with Gasteiger partial charge in [-0.2, -0.15) is 0 Å². The molecule has 0 saturated heterocycles. The lowest BCUT2D eigenvalue weighted by Crippen LogP contribution is -2.30. The van der Waals surface area contributed by atoms with E-state index in [2.05, 4.69) is 0 Å². The van der Waals surface area contributed by atoms with E-state index in [0.717, 1.165) is 11.6 Å². The van der Waals surface area contributed by atoms with Gasteiger partial charge < -0.3 is 9.80 Å². The van der Waals surface area contributed by atoms with E-state index < -0.39 is 11.6 Å². The van der Waals surface area contributed by atoms with Crippen LogP contribution in [0.2, 0.25) is 0 Å². The number of halogens is 2. The maximum atomic E-state index is 13.7. The molecule has 2 rings (SSSR count). The topological polar surface area (TPSA) is 40.6 Å². The van der Waals surface area contributed by atoms with Gasteiger partial charge in [0.05, 0.1) is 0 Å². The second-order valence-corrected chi connectivity index (χ2v) is 6.52. The molecule has 0 aliphatic heterocycles. The van der Waals surface area contributed by atoms with Crippen LogP contribution in [0.1, 0.15) is 34.8 Å². The van der Waals surface area contributed by atoms with Crippen LogP contribution < -0.4 is 0 Å². The molecule has 0 fully saturated rings. The van der Waals surface area contributed by atoms with Crippen LogP contribution in [0.25, 0.3) is 0 Å². The maximum Gasteiger partial charge on any atom is 0.253 e. The molecule has 0 N–H and O–H groups in total. The lowest BCUT2D eigenvalue weighted by molar-refractivity contribution is -0.131. The fourth-order valence-electron chi connectivity index (χ4n) is 2.75. The molecule has 6 heteroatoms. The molecular formula is C21H24F2N2O2. The third-order valence-electron chi connectivity index (χ3n) is 4.35. The fourth-order valence-corrected chi connectivity index (χ4v) is 2.75. The Morgan fingerprint density at radius 1 is 1.00 bits per heavy atom. The van der Waals surface area contributed by atoms with Gasteiger partial charge in [-0.3, -0.25) is 9.59 Å². The molecule has 0 aliphatic rings. The number of benzene rings is 2. The summed E-state index contributed by atoms with van der Waals surface area (Å²) in [5.41, 5.74) is 1.68. The minimum Gasteiger partial charge on any atom is -0.345 e. The van der Waals surface area contributed by atoms with E-state index in [1.54, 1.807) is 31.1 Å². The number of nitrogens with zero attached hydrogens (tertiary/aromatic N) is 2. The molecule has 0 aromatic heterocycles. The van der Waals surface area contributed by atoms with Crippen molar-refractivity contribution in [2.75, 3.05) is 20.6 Å². The van der Waals surface area contributed by atoms with Crippen LogP contribution in [0, 0.1) is 11.6 Å². The van der Waals surface area contributed by atoms with E-state index in [-0.39, 0.29) is 30.2 Å². The summed E-state index contributed by atoms with van der Waals surface area (Å²) in [4.78, 5) is 27.5. The van der Waals surface area contributed by atoms with Gasteiger partial charge in [-0.15, -0.1) is 0 Å². The minimum atomic E-state index is -0.903. The van der Waals surface area contributed by atoms with Gasteiger partial charge in [0.15, 0.2) is 11.6 Å². The first-order valence-electron chi connectivity index (χ1n) is 8.84. The van der Waals surface area contributed by atoms with Crippen molar-refractivity contribution in [3.63, 3.8) is 0 Å². The summed E-state index contributed by atoms with van der Waals surface area (Å²) in [6.07, 6.45) is 0.251. The molecule has 0 radical (unpaired) electrons. The van der Waals surface area contributed by atoms with Crippen molar-refractivity contribution in [1.29, 1.82) is 0 Å². The first kappa shape index (κ1) is 20.6. The van der Waals surface area contributed by atoms with Crippen LogP contribution in [0.5, 0.6) is 0 Å². The molecule has 27 heavy (non-hydrogen) atoms. The van der Waals surface area contributed by atoms with Crippen LogP contribution in [0.3, 0.4) is 0 Å². The van der Waals surface area contributed by atoms with Crippen molar-refractivity contribution in [2.24, 2.45) is 0 Å². The highest BCUT2D eigenvalue weighted by Gasteiger charge is 2.15. The fraction of sp³-hybridized carbons (Fsp3) is 0.333. The van der Waals surface area contributed by atoms with E-state index in [0.29, 0.717) is 18.7 Å². The van der Waals surface area contributed by atoms with Crippen LogP contribution in [-0.2, 0) is 17.8 Å². The summed E-state index contributed by atoms with van der Waals surface area (Å²) in [7, 11) is 3.38. The number of rotatable bonds is 7. The number of hydrogen-bond donors (Lipinski definition) is 0. The highest BCUT2D eigenvalue weighted by Crippen LogP contribution is 2.15. The summed E-state index contributed by atoms with van der Waals surface area (Å²) in [6.45, 7) is 2.77. The van der Waals surface area contributed by atoms with E-state index in [9.17, 15) is 18.4 Å². The first-order chi connectivity index (χ1) is 12.8. The second kappa shape index (κ2) is 9.26. The molecule has 0 saturated carbocycles. The second-order valence-electron chi connectivity index (χ2n) is 6.52. The zero-order valence-electron chi connectivity index (χ0n) is 15.8. The summed E-state index contributed by atoms with van der Waals surface area (Å²) in [5, 5.41) is 0. The highest BCUT2D eigenvalue weighted by molar-refractivity contribution is 5.93. The van der Waals surface area contributed by atoms with Crippen LogP contribution in [0.15, 0.2) is 42.5 Å². The van der Waals surface area contributed by atoms with Crippen LogP contribution >= 0.6 is 0 Å². The van der Waals surface area contributed by atoms with Gasteiger partial charge >= 0.3 is 0 Å². The monoisotopic (exact) mass is 374 g/mol. The van der Waals surface area contributed by atoms with Crippen LogP contribution in [-0.4, -0.2) is 42.3 Å². The largest absolute Gasteiger partial charge is 0.345 e. The highest BCUT2D eigenvalue weighted by atomic mass is 19.2. The van der Waals surface area contributed by atoms with Gasteiger partial charge in [-0.05, 0) is 42.7 Å². The van der Waals surface area contributed by atoms with E-state index in [4.69, 9.17) is 0 Å². The van der Waals surface area contributed by atoms with Crippen molar-refractivity contribution in [3.8, 4) is 0 Å². The number of amides is 2. The van der Waals surface area contributed by atoms with Crippen molar-refractivity contribution in [2.45, 2.75) is 26.3 Å². The molecule has 0 atom stereocenters. The molecule has 0 spiro atoms. The SMILES string of the molecule is CCN(Cc1ccc(C(=O)N(C)C)cc1)C(=O)CCc1cccc(F)c1F. The first-order valence-corrected chi connectivity index (χ1v) is 8.84. The predicted molar refractivity (Wildman–Crippen MR) is 100 cm³/mol. The van der Waals surface area contributed by atoms with Gasteiger partial charge in [0.2, 0.25) is 5.91 Å². The molecular weight excluding hydrogens is 350 g/mol. The Morgan fingerprint density at radius 2 is 1.67 bits per heavy atom. The lowest BCUT2D eigenvalue weighted by Gasteiger charge is -2.21. The molecule has 0 heterocycles. The smallest absolute Gasteiger partial charge is 0.253 e. The van der Waals surface area contributed by atoms with E-state index in [1.165, 1.54) is 17.0 Å². The average molecular weight is 374 g/mol. The Hall–Kier alpha value is -2.76. The Balaban J connectivity index is 1.98. The standard InChI is InChI=1S/C21H24F2N2O2/c1-4-25(14-15-8-10-17(11-9-15)21(27)24(2)3)19(26)13-12-16-6-5-7-18(22)20(16)23/h5-11H,4,12-14H2,1-3H3. The summed E-state index contributed by atoms with van der Waals surface area (Å²) in [6, 6.07) is 11.1. The number of carbonyl (C=O) groups is 2. The zero-order valence-corrected chi connectivity index (χ0v) is 15.8. The van der Waals surface area contributed by atoms with Crippen molar-refractivity contribution >= 4 is 11.8 Å². The summed E-state index contributed by atoms with van der Waals surface area (Å²) in [5.74, 6) is -2.01. The Labute approximate surface area is 158 Å². The summed E-state index contributed by atoms with van der Waals surface area (Å²) >= 11 is 0. The number of aryl methyl sites for hydroxylation is 1. The third-order valence-corrected chi connectivity index (χ3v) is 4.35. The number of hydrogen-bond acceptors (Lipinski definition) is 2. The van der Waals surface area contributed by atoms with Gasteiger partial charge in [-0.25, -0.2) is 8.78 Å². The van der Waals surface area contributed by atoms with Gasteiger partial charge in [0.25, 0.3) is 5.91 Å². The number of carbonyl (C=O) groups excluding carboxylic acids is 2. The van der Waals surface area contributed by atoms with Crippen molar-refractivity contribution < 1.29 is 18.4 Å². The Bertz CT molecular complexity index is 804. The molecule has 4 nitrogen and oxygen atoms in total. The summed E-state index contributed by atoms with van der Waals surface area (Å²) < 4.78 is 27.0. The molecule has 0 bridgehead atoms.